The Kier molecular flexibility index (Phi) is 5.93. The predicted molar refractivity (Wildman–Crippen MR) is 105 cm³/mol. The number of benzene rings is 2. The Morgan fingerprint density at radius 2 is 1.59 bits per heavy atom. The van der Waals surface area contributed by atoms with Crippen LogP contribution in [0.2, 0.25) is 0 Å². The van der Waals surface area contributed by atoms with Crippen LogP contribution in [-0.2, 0) is 10.0 Å². The Hall–Kier alpha value is -2.64. The molecular formula is C20H22N2O4S. The lowest BCUT2D eigenvalue weighted by molar-refractivity contribution is 0.0698. The second kappa shape index (κ2) is 8.37. The molecule has 1 aliphatic heterocycles. The van der Waals surface area contributed by atoms with E-state index < -0.39 is 10.0 Å². The van der Waals surface area contributed by atoms with Crippen molar-refractivity contribution >= 4 is 22.0 Å². The third kappa shape index (κ3) is 4.75. The maximum Gasteiger partial charge on any atom is 0.253 e. The topological polar surface area (TPSA) is 66.9 Å². The van der Waals surface area contributed by atoms with E-state index in [1.54, 1.807) is 42.4 Å². The molecule has 1 amide bonds. The predicted octanol–water partition coefficient (Wildman–Crippen LogP) is 2.45. The van der Waals surface area contributed by atoms with Crippen LogP contribution in [0.3, 0.4) is 0 Å². The summed E-state index contributed by atoms with van der Waals surface area (Å²) < 4.78 is 31.5. The van der Waals surface area contributed by atoms with Crippen LogP contribution in [0.1, 0.15) is 15.9 Å². The molecule has 2 aromatic rings. The van der Waals surface area contributed by atoms with Crippen LogP contribution in [0.15, 0.2) is 60.0 Å². The first kappa shape index (κ1) is 19.1. The summed E-state index contributed by atoms with van der Waals surface area (Å²) in [5.41, 5.74) is 1.39. The van der Waals surface area contributed by atoms with Gasteiger partial charge in [0, 0.05) is 37.2 Å². The number of carbonyl (C=O) groups is 1. The zero-order chi connectivity index (χ0) is 19.3. The minimum absolute atomic E-state index is 0.102. The van der Waals surface area contributed by atoms with E-state index >= 15 is 0 Å². The van der Waals surface area contributed by atoms with Gasteiger partial charge in [-0.15, -0.1) is 0 Å². The number of methoxy groups -OCH3 is 1. The SMILES string of the molecule is COc1ccc(C(=O)N2CCN(S(=O)(=O)/C=C/c3ccccc3)CC2)cc1. The van der Waals surface area contributed by atoms with E-state index in [0.717, 1.165) is 5.56 Å². The van der Waals surface area contributed by atoms with E-state index in [9.17, 15) is 13.2 Å². The van der Waals surface area contributed by atoms with Gasteiger partial charge in [0.1, 0.15) is 5.75 Å². The highest BCUT2D eigenvalue weighted by molar-refractivity contribution is 7.92. The van der Waals surface area contributed by atoms with Gasteiger partial charge in [-0.1, -0.05) is 30.3 Å². The molecular weight excluding hydrogens is 364 g/mol. The summed E-state index contributed by atoms with van der Waals surface area (Å²) in [6, 6.07) is 16.2. The fraction of sp³-hybridized carbons (Fsp3) is 0.250. The molecule has 1 fully saturated rings. The fourth-order valence-electron chi connectivity index (χ4n) is 2.88. The Bertz CT molecular complexity index is 901. The standard InChI is InChI=1S/C20H22N2O4S/c1-26-19-9-7-18(8-10-19)20(23)21-12-14-22(15-13-21)27(24,25)16-11-17-5-3-2-4-6-17/h2-11,16H,12-15H2,1H3/b16-11+. The lowest BCUT2D eigenvalue weighted by Crippen LogP contribution is -2.50. The average Bonchev–Trinajstić information content (AvgIpc) is 2.73. The molecule has 6 nitrogen and oxygen atoms in total. The number of hydrogen-bond donors (Lipinski definition) is 0. The molecule has 0 bridgehead atoms. The molecule has 1 saturated heterocycles. The summed E-state index contributed by atoms with van der Waals surface area (Å²) in [6.07, 6.45) is 1.59. The highest BCUT2D eigenvalue weighted by Gasteiger charge is 2.27. The lowest BCUT2D eigenvalue weighted by Gasteiger charge is -2.33. The van der Waals surface area contributed by atoms with Gasteiger partial charge in [-0.3, -0.25) is 4.79 Å². The van der Waals surface area contributed by atoms with Crippen LogP contribution >= 0.6 is 0 Å². The van der Waals surface area contributed by atoms with Crippen molar-refractivity contribution in [1.82, 2.24) is 9.21 Å². The largest absolute Gasteiger partial charge is 0.497 e. The van der Waals surface area contributed by atoms with E-state index in [0.29, 0.717) is 24.4 Å². The Labute approximate surface area is 159 Å². The van der Waals surface area contributed by atoms with Gasteiger partial charge in [0.05, 0.1) is 7.11 Å². The molecule has 1 aliphatic rings. The summed E-state index contributed by atoms with van der Waals surface area (Å²) in [5, 5.41) is 1.23. The van der Waals surface area contributed by atoms with Crippen molar-refractivity contribution in [1.29, 1.82) is 0 Å². The molecule has 3 rings (SSSR count). The van der Waals surface area contributed by atoms with Crippen molar-refractivity contribution in [2.45, 2.75) is 0 Å². The highest BCUT2D eigenvalue weighted by Crippen LogP contribution is 2.16. The monoisotopic (exact) mass is 386 g/mol. The van der Waals surface area contributed by atoms with E-state index in [1.807, 2.05) is 30.3 Å². The van der Waals surface area contributed by atoms with Crippen LogP contribution in [0.4, 0.5) is 0 Å². The first-order valence-corrected chi connectivity index (χ1v) is 10.2. The van der Waals surface area contributed by atoms with Gasteiger partial charge in [-0.25, -0.2) is 8.42 Å². The van der Waals surface area contributed by atoms with Crippen LogP contribution in [0.5, 0.6) is 5.75 Å². The van der Waals surface area contributed by atoms with E-state index in [-0.39, 0.29) is 19.0 Å². The minimum atomic E-state index is -3.51. The van der Waals surface area contributed by atoms with Crippen molar-refractivity contribution in [3.63, 3.8) is 0 Å². The zero-order valence-electron chi connectivity index (χ0n) is 15.1. The van der Waals surface area contributed by atoms with E-state index in [4.69, 9.17) is 4.74 Å². The Morgan fingerprint density at radius 1 is 0.963 bits per heavy atom. The van der Waals surface area contributed by atoms with Crippen LogP contribution in [0.25, 0.3) is 6.08 Å². The number of ether oxygens (including phenoxy) is 1. The van der Waals surface area contributed by atoms with Gasteiger partial charge in [0.25, 0.3) is 5.91 Å². The summed E-state index contributed by atoms with van der Waals surface area (Å²) in [4.78, 5) is 14.2. The van der Waals surface area contributed by atoms with Gasteiger partial charge in [0.2, 0.25) is 10.0 Å². The number of nitrogens with zero attached hydrogens (tertiary/aromatic N) is 2. The van der Waals surface area contributed by atoms with Crippen LogP contribution in [0, 0.1) is 0 Å². The molecule has 0 N–H and O–H groups in total. The van der Waals surface area contributed by atoms with Crippen molar-refractivity contribution in [2.75, 3.05) is 33.3 Å². The maximum absolute atomic E-state index is 12.6. The average molecular weight is 386 g/mol. The zero-order valence-corrected chi connectivity index (χ0v) is 15.9. The van der Waals surface area contributed by atoms with Crippen molar-refractivity contribution in [3.05, 3.63) is 71.1 Å². The molecule has 0 atom stereocenters. The van der Waals surface area contributed by atoms with Crippen LogP contribution in [-0.4, -0.2) is 56.8 Å². The molecule has 1 heterocycles. The van der Waals surface area contributed by atoms with Gasteiger partial charge in [0.15, 0.2) is 0 Å². The molecule has 27 heavy (non-hydrogen) atoms. The Balaban J connectivity index is 1.60. The molecule has 142 valence electrons. The third-order valence-electron chi connectivity index (χ3n) is 4.45. The molecule has 0 aliphatic carbocycles. The first-order valence-electron chi connectivity index (χ1n) is 8.66. The maximum atomic E-state index is 12.6. The normalized spacial score (nSPS) is 15.8. The van der Waals surface area contributed by atoms with Gasteiger partial charge in [-0.2, -0.15) is 4.31 Å². The molecule has 0 unspecified atom stereocenters. The first-order chi connectivity index (χ1) is 13.0. The summed E-state index contributed by atoms with van der Waals surface area (Å²) >= 11 is 0. The van der Waals surface area contributed by atoms with E-state index in [2.05, 4.69) is 0 Å². The second-order valence-electron chi connectivity index (χ2n) is 6.18. The molecule has 0 aromatic heterocycles. The quantitative estimate of drug-likeness (QED) is 0.792. The summed E-state index contributed by atoms with van der Waals surface area (Å²) in [5.74, 6) is 0.585. The van der Waals surface area contributed by atoms with Crippen molar-refractivity contribution in [3.8, 4) is 5.75 Å². The molecule has 0 radical (unpaired) electrons. The van der Waals surface area contributed by atoms with Crippen LogP contribution < -0.4 is 4.74 Å². The van der Waals surface area contributed by atoms with Gasteiger partial charge in [-0.05, 0) is 35.9 Å². The number of sulfonamides is 1. The number of hydrogen-bond acceptors (Lipinski definition) is 4. The molecule has 7 heteroatoms. The number of carbonyl (C=O) groups excluding carboxylic acids is 1. The van der Waals surface area contributed by atoms with Gasteiger partial charge >= 0.3 is 0 Å². The smallest absolute Gasteiger partial charge is 0.253 e. The van der Waals surface area contributed by atoms with E-state index in [1.165, 1.54) is 9.71 Å². The van der Waals surface area contributed by atoms with Gasteiger partial charge < -0.3 is 9.64 Å². The fourth-order valence-corrected chi connectivity index (χ4v) is 4.05. The lowest BCUT2D eigenvalue weighted by atomic mass is 10.2. The highest BCUT2D eigenvalue weighted by atomic mass is 32.2. The third-order valence-corrected chi connectivity index (χ3v) is 6.02. The minimum Gasteiger partial charge on any atom is -0.497 e. The summed E-state index contributed by atoms with van der Waals surface area (Å²) in [6.45, 7) is 1.29. The molecule has 0 spiro atoms. The Morgan fingerprint density at radius 3 is 2.19 bits per heavy atom. The van der Waals surface area contributed by atoms with Crippen molar-refractivity contribution < 1.29 is 17.9 Å². The number of amides is 1. The molecule has 0 saturated carbocycles. The molecule has 2 aromatic carbocycles. The number of piperazine rings is 1. The number of rotatable bonds is 5. The second-order valence-corrected chi connectivity index (χ2v) is 8.00. The summed E-state index contributed by atoms with van der Waals surface area (Å²) in [7, 11) is -1.93. The van der Waals surface area contributed by atoms with Crippen molar-refractivity contribution in [2.24, 2.45) is 0 Å².